The first-order valence-electron chi connectivity index (χ1n) is 4.27. The largest absolute Gasteiger partial charge is 0.385 e. The van der Waals surface area contributed by atoms with Crippen LogP contribution in [0.5, 0.6) is 0 Å². The summed E-state index contributed by atoms with van der Waals surface area (Å²) in [6.07, 6.45) is 0. The van der Waals surface area contributed by atoms with E-state index in [0.29, 0.717) is 17.9 Å². The highest BCUT2D eigenvalue weighted by Gasteiger charge is 2.28. The Morgan fingerprint density at radius 2 is 2.21 bits per heavy atom. The summed E-state index contributed by atoms with van der Waals surface area (Å²) in [7, 11) is 0. The first-order valence-corrected chi connectivity index (χ1v) is 4.27. The molecular formula is C9H11N5. The van der Waals surface area contributed by atoms with E-state index >= 15 is 0 Å². The highest BCUT2D eigenvalue weighted by atomic mass is 15.2. The molecule has 0 radical (unpaired) electrons. The first kappa shape index (κ1) is 10.1. The third kappa shape index (κ3) is 1.40. The summed E-state index contributed by atoms with van der Waals surface area (Å²) in [5.74, 6) is 0.255. The van der Waals surface area contributed by atoms with E-state index in [2.05, 4.69) is 4.99 Å². The third-order valence-electron chi connectivity index (χ3n) is 2.09. The molecule has 0 saturated carbocycles. The summed E-state index contributed by atoms with van der Waals surface area (Å²) in [6, 6.07) is 3.44. The van der Waals surface area contributed by atoms with Crippen LogP contribution in [0.15, 0.2) is 16.4 Å². The molecule has 72 valence electrons. The van der Waals surface area contributed by atoms with Crippen LogP contribution in [0, 0.1) is 22.7 Å². The molecule has 0 fully saturated rings. The van der Waals surface area contributed by atoms with Crippen LogP contribution < -0.4 is 5.73 Å². The molecule has 0 aromatic carbocycles. The number of nitrogens with two attached hydrogens (primary N) is 1. The summed E-state index contributed by atoms with van der Waals surface area (Å²) in [5, 5.41) is 17.8. The maximum absolute atomic E-state index is 8.89. The quantitative estimate of drug-likeness (QED) is 0.643. The predicted octanol–water partition coefficient (Wildman–Crippen LogP) is 0.326. The molecule has 0 aromatic rings. The van der Waals surface area contributed by atoms with Crippen molar-refractivity contribution < 1.29 is 0 Å². The number of aliphatic imine (C=N–C) groups is 1. The molecular weight excluding hydrogens is 178 g/mol. The lowest BCUT2D eigenvalue weighted by Crippen LogP contribution is -2.45. The number of hydrogen-bond donors (Lipinski definition) is 1. The third-order valence-corrected chi connectivity index (χ3v) is 2.09. The standard InChI is InChI=1S/C9H11N5/c1-3-14-7(4-10)6(2)13-9(12)8(14)5-11/h8H,3H2,1-2H3,(H2,12,13). The molecule has 0 bridgehead atoms. The lowest BCUT2D eigenvalue weighted by atomic mass is 10.1. The molecule has 1 atom stereocenters. The lowest BCUT2D eigenvalue weighted by molar-refractivity contribution is 0.367. The Balaban J connectivity index is 3.21. The molecule has 1 unspecified atom stereocenters. The Labute approximate surface area is 82.7 Å². The maximum Gasteiger partial charge on any atom is 0.175 e. The molecule has 0 aliphatic carbocycles. The maximum atomic E-state index is 8.89. The number of nitrogens with zero attached hydrogens (tertiary/aromatic N) is 4. The van der Waals surface area contributed by atoms with Crippen LogP contribution in [-0.2, 0) is 0 Å². The van der Waals surface area contributed by atoms with Gasteiger partial charge in [-0.05, 0) is 13.8 Å². The Morgan fingerprint density at radius 3 is 2.64 bits per heavy atom. The van der Waals surface area contributed by atoms with Gasteiger partial charge in [-0.2, -0.15) is 10.5 Å². The van der Waals surface area contributed by atoms with E-state index in [1.54, 1.807) is 11.8 Å². The molecule has 5 nitrogen and oxygen atoms in total. The van der Waals surface area contributed by atoms with Crippen molar-refractivity contribution in [2.24, 2.45) is 10.7 Å². The van der Waals surface area contributed by atoms with E-state index in [1.165, 1.54) is 0 Å². The van der Waals surface area contributed by atoms with Crippen LogP contribution in [0.4, 0.5) is 0 Å². The van der Waals surface area contributed by atoms with Crippen LogP contribution in [-0.4, -0.2) is 23.3 Å². The fraction of sp³-hybridized carbons (Fsp3) is 0.444. The summed E-state index contributed by atoms with van der Waals surface area (Å²) in [5.41, 5.74) is 6.60. The van der Waals surface area contributed by atoms with Crippen molar-refractivity contribution >= 4 is 5.84 Å². The molecule has 1 rings (SSSR count). The van der Waals surface area contributed by atoms with Crippen molar-refractivity contribution in [2.45, 2.75) is 19.9 Å². The van der Waals surface area contributed by atoms with Crippen LogP contribution >= 0.6 is 0 Å². The van der Waals surface area contributed by atoms with Crippen molar-refractivity contribution in [2.75, 3.05) is 6.54 Å². The van der Waals surface area contributed by atoms with Gasteiger partial charge in [0.2, 0.25) is 0 Å². The minimum absolute atomic E-state index is 0.255. The first-order chi connectivity index (χ1) is 6.65. The molecule has 1 aliphatic heterocycles. The van der Waals surface area contributed by atoms with Gasteiger partial charge in [0.1, 0.15) is 17.6 Å². The van der Waals surface area contributed by atoms with Gasteiger partial charge in [0.25, 0.3) is 0 Å². The van der Waals surface area contributed by atoms with E-state index in [4.69, 9.17) is 16.3 Å². The van der Waals surface area contributed by atoms with Crippen LogP contribution in [0.1, 0.15) is 13.8 Å². The second-order valence-corrected chi connectivity index (χ2v) is 2.90. The number of allylic oxidation sites excluding steroid dienone is 2. The van der Waals surface area contributed by atoms with E-state index in [1.807, 2.05) is 19.1 Å². The Kier molecular flexibility index (Phi) is 2.73. The topological polar surface area (TPSA) is 89.2 Å². The van der Waals surface area contributed by atoms with Crippen molar-refractivity contribution in [3.63, 3.8) is 0 Å². The van der Waals surface area contributed by atoms with E-state index in [9.17, 15) is 0 Å². The Bertz CT molecular complexity index is 379. The zero-order valence-electron chi connectivity index (χ0n) is 8.15. The van der Waals surface area contributed by atoms with Gasteiger partial charge < -0.3 is 10.6 Å². The van der Waals surface area contributed by atoms with E-state index in [0.717, 1.165) is 0 Å². The van der Waals surface area contributed by atoms with Crippen molar-refractivity contribution in [3.8, 4) is 12.1 Å². The van der Waals surface area contributed by atoms with Gasteiger partial charge >= 0.3 is 0 Å². The molecule has 1 aliphatic rings. The molecule has 1 heterocycles. The van der Waals surface area contributed by atoms with Crippen molar-refractivity contribution in [1.29, 1.82) is 10.5 Å². The fourth-order valence-electron chi connectivity index (χ4n) is 1.43. The average Bonchev–Trinajstić information content (AvgIpc) is 2.16. The fourth-order valence-corrected chi connectivity index (χ4v) is 1.43. The highest BCUT2D eigenvalue weighted by Crippen LogP contribution is 2.19. The van der Waals surface area contributed by atoms with Gasteiger partial charge in [-0.3, -0.25) is 0 Å². The highest BCUT2D eigenvalue weighted by molar-refractivity contribution is 5.90. The van der Waals surface area contributed by atoms with Crippen molar-refractivity contribution in [1.82, 2.24) is 4.90 Å². The second-order valence-electron chi connectivity index (χ2n) is 2.90. The minimum atomic E-state index is -0.613. The Hall–Kier alpha value is -2.01. The number of likely N-dealkylation sites (N-methyl/N-ethyl adjacent to an activating group) is 1. The van der Waals surface area contributed by atoms with Gasteiger partial charge in [0.05, 0.1) is 11.8 Å². The van der Waals surface area contributed by atoms with Crippen molar-refractivity contribution in [3.05, 3.63) is 11.4 Å². The molecule has 0 spiro atoms. The van der Waals surface area contributed by atoms with Crippen LogP contribution in [0.3, 0.4) is 0 Å². The predicted molar refractivity (Wildman–Crippen MR) is 51.7 cm³/mol. The normalized spacial score (nSPS) is 21.3. The van der Waals surface area contributed by atoms with Gasteiger partial charge in [-0.1, -0.05) is 0 Å². The van der Waals surface area contributed by atoms with Gasteiger partial charge in [0, 0.05) is 6.54 Å². The monoisotopic (exact) mass is 189 g/mol. The lowest BCUT2D eigenvalue weighted by Gasteiger charge is -2.30. The summed E-state index contributed by atoms with van der Waals surface area (Å²) in [6.45, 7) is 4.14. The number of amidine groups is 1. The van der Waals surface area contributed by atoms with Gasteiger partial charge in [-0.15, -0.1) is 0 Å². The van der Waals surface area contributed by atoms with Crippen LogP contribution in [0.2, 0.25) is 0 Å². The summed E-state index contributed by atoms with van der Waals surface area (Å²) >= 11 is 0. The molecule has 2 N–H and O–H groups in total. The van der Waals surface area contributed by atoms with Crippen LogP contribution in [0.25, 0.3) is 0 Å². The molecule has 0 amide bonds. The van der Waals surface area contributed by atoms with Gasteiger partial charge in [-0.25, -0.2) is 4.99 Å². The molecule has 0 aromatic heterocycles. The minimum Gasteiger partial charge on any atom is -0.385 e. The summed E-state index contributed by atoms with van der Waals surface area (Å²) in [4.78, 5) is 5.62. The Morgan fingerprint density at radius 1 is 1.57 bits per heavy atom. The zero-order valence-corrected chi connectivity index (χ0v) is 8.15. The number of rotatable bonds is 1. The number of hydrogen-bond acceptors (Lipinski definition) is 5. The average molecular weight is 189 g/mol. The smallest absolute Gasteiger partial charge is 0.175 e. The van der Waals surface area contributed by atoms with E-state index in [-0.39, 0.29) is 5.84 Å². The summed E-state index contributed by atoms with van der Waals surface area (Å²) < 4.78 is 0. The molecule has 0 saturated heterocycles. The van der Waals surface area contributed by atoms with E-state index < -0.39 is 6.04 Å². The van der Waals surface area contributed by atoms with Gasteiger partial charge in [0.15, 0.2) is 6.04 Å². The number of nitriles is 2. The molecule has 5 heteroatoms. The SMILES string of the molecule is CCN1C(C#N)=C(C)N=C(N)C1C#N. The zero-order chi connectivity index (χ0) is 10.7. The molecule has 14 heavy (non-hydrogen) atoms. The second kappa shape index (κ2) is 3.80.